The quantitative estimate of drug-likeness (QED) is 0.686. The zero-order valence-electron chi connectivity index (χ0n) is 16.8. The molecule has 0 aliphatic heterocycles. The first-order valence-corrected chi connectivity index (χ1v) is 11.1. The molecular formula is C21H28N2O4S. The predicted molar refractivity (Wildman–Crippen MR) is 113 cm³/mol. The molecule has 0 unspecified atom stereocenters. The normalized spacial score (nSPS) is 11.3. The summed E-state index contributed by atoms with van der Waals surface area (Å²) in [6.07, 6.45) is 1.91. The Hall–Kier alpha value is -2.54. The van der Waals surface area contributed by atoms with E-state index in [1.807, 2.05) is 32.9 Å². The van der Waals surface area contributed by atoms with E-state index in [1.54, 1.807) is 36.4 Å². The van der Waals surface area contributed by atoms with Crippen molar-refractivity contribution in [1.29, 1.82) is 0 Å². The lowest BCUT2D eigenvalue weighted by Crippen LogP contribution is -2.31. The van der Waals surface area contributed by atoms with Gasteiger partial charge >= 0.3 is 0 Å². The van der Waals surface area contributed by atoms with Crippen molar-refractivity contribution in [2.75, 3.05) is 22.4 Å². The first-order valence-electron chi connectivity index (χ1n) is 9.26. The largest absolute Gasteiger partial charge is 0.491 e. The van der Waals surface area contributed by atoms with Crippen molar-refractivity contribution in [2.45, 2.75) is 39.7 Å². The van der Waals surface area contributed by atoms with Gasteiger partial charge in [0.25, 0.3) is 0 Å². The number of hydrogen-bond acceptors (Lipinski definition) is 4. The van der Waals surface area contributed by atoms with Crippen LogP contribution in [0.4, 0.5) is 11.4 Å². The number of nitrogens with one attached hydrogen (secondary N) is 1. The van der Waals surface area contributed by atoms with E-state index in [1.165, 1.54) is 10.6 Å². The van der Waals surface area contributed by atoms with Gasteiger partial charge in [0.05, 0.1) is 18.0 Å². The first-order chi connectivity index (χ1) is 13.1. The monoisotopic (exact) mass is 404 g/mol. The van der Waals surface area contributed by atoms with Gasteiger partial charge in [-0.2, -0.15) is 0 Å². The lowest BCUT2D eigenvalue weighted by atomic mass is 10.2. The highest BCUT2D eigenvalue weighted by atomic mass is 32.2. The average Bonchev–Trinajstić information content (AvgIpc) is 2.60. The smallest absolute Gasteiger partial charge is 0.232 e. The third-order valence-corrected chi connectivity index (χ3v) is 5.19. The molecule has 0 spiro atoms. The van der Waals surface area contributed by atoms with Crippen molar-refractivity contribution in [3.05, 3.63) is 54.1 Å². The Morgan fingerprint density at radius 3 is 2.21 bits per heavy atom. The van der Waals surface area contributed by atoms with E-state index < -0.39 is 10.0 Å². The predicted octanol–water partition coefficient (Wildman–Crippen LogP) is 3.97. The number of rotatable bonds is 9. The topological polar surface area (TPSA) is 75.7 Å². The van der Waals surface area contributed by atoms with Crippen LogP contribution in [0.2, 0.25) is 0 Å². The van der Waals surface area contributed by atoms with Crippen LogP contribution < -0.4 is 14.4 Å². The van der Waals surface area contributed by atoms with Crippen LogP contribution in [-0.2, 0) is 14.8 Å². The summed E-state index contributed by atoms with van der Waals surface area (Å²) in [4.78, 5) is 12.2. The van der Waals surface area contributed by atoms with Crippen LogP contribution >= 0.6 is 0 Å². The fourth-order valence-corrected chi connectivity index (χ4v) is 3.66. The lowest BCUT2D eigenvalue weighted by Gasteiger charge is -2.22. The van der Waals surface area contributed by atoms with Crippen molar-refractivity contribution in [3.63, 3.8) is 0 Å². The fraction of sp³-hybridized carbons (Fsp3) is 0.381. The molecule has 2 rings (SSSR count). The molecule has 2 aromatic rings. The molecule has 1 amide bonds. The van der Waals surface area contributed by atoms with Crippen LogP contribution in [0.15, 0.2) is 48.5 Å². The minimum atomic E-state index is -3.41. The van der Waals surface area contributed by atoms with Crippen LogP contribution in [0.1, 0.15) is 32.3 Å². The summed E-state index contributed by atoms with van der Waals surface area (Å²) in [6, 6.07) is 14.5. The molecule has 7 heteroatoms. The number of ether oxygens (including phenoxy) is 1. The SMILES string of the molecule is Cc1ccc(N(CCCC(=O)Nc2ccc(OC(C)C)cc2)S(C)(=O)=O)cc1. The molecule has 0 fully saturated rings. The molecule has 152 valence electrons. The van der Waals surface area contributed by atoms with Gasteiger partial charge in [-0.25, -0.2) is 8.42 Å². The van der Waals surface area contributed by atoms with Crippen LogP contribution in [-0.4, -0.2) is 33.2 Å². The Balaban J connectivity index is 1.89. The Morgan fingerprint density at radius 1 is 1.07 bits per heavy atom. The Kier molecular flexibility index (Phi) is 7.45. The fourth-order valence-electron chi connectivity index (χ4n) is 2.69. The third kappa shape index (κ3) is 6.88. The van der Waals surface area contributed by atoms with Gasteiger partial charge in [-0.15, -0.1) is 0 Å². The van der Waals surface area contributed by atoms with Crippen molar-refractivity contribution in [2.24, 2.45) is 0 Å². The summed E-state index contributed by atoms with van der Waals surface area (Å²) in [7, 11) is -3.41. The first kappa shape index (κ1) is 21.8. The second kappa shape index (κ2) is 9.59. The number of amides is 1. The zero-order valence-corrected chi connectivity index (χ0v) is 17.6. The molecule has 1 N–H and O–H groups in total. The maximum Gasteiger partial charge on any atom is 0.232 e. The van der Waals surface area contributed by atoms with E-state index in [4.69, 9.17) is 4.74 Å². The molecule has 0 saturated heterocycles. The molecule has 2 aromatic carbocycles. The van der Waals surface area contributed by atoms with E-state index in [0.29, 0.717) is 17.8 Å². The standard InChI is InChI=1S/C21H28N2O4S/c1-16(2)27-20-13-9-18(10-14-20)22-21(24)6-5-15-23(28(4,25)26)19-11-7-17(3)8-12-19/h7-14,16H,5-6,15H2,1-4H3,(H,22,24). The molecule has 0 aliphatic rings. The van der Waals surface area contributed by atoms with Gasteiger partial charge in [0.2, 0.25) is 15.9 Å². The van der Waals surface area contributed by atoms with Gasteiger partial charge in [-0.3, -0.25) is 9.10 Å². The maximum atomic E-state index is 12.2. The number of carbonyl (C=O) groups excluding carboxylic acids is 1. The van der Waals surface area contributed by atoms with Crippen LogP contribution in [0, 0.1) is 6.92 Å². The molecule has 28 heavy (non-hydrogen) atoms. The molecule has 6 nitrogen and oxygen atoms in total. The molecule has 0 saturated carbocycles. The van der Waals surface area contributed by atoms with Crippen LogP contribution in [0.25, 0.3) is 0 Å². The van der Waals surface area contributed by atoms with E-state index in [-0.39, 0.29) is 25.0 Å². The van der Waals surface area contributed by atoms with E-state index >= 15 is 0 Å². The number of hydrogen-bond donors (Lipinski definition) is 1. The summed E-state index contributed by atoms with van der Waals surface area (Å²) in [5.74, 6) is 0.588. The van der Waals surface area contributed by atoms with E-state index in [9.17, 15) is 13.2 Å². The summed E-state index contributed by atoms with van der Waals surface area (Å²) >= 11 is 0. The van der Waals surface area contributed by atoms with Gasteiger partial charge in [0, 0.05) is 18.7 Å². The number of nitrogens with zero attached hydrogens (tertiary/aromatic N) is 1. The van der Waals surface area contributed by atoms with Gasteiger partial charge in [0.15, 0.2) is 0 Å². The zero-order chi connectivity index (χ0) is 20.7. The number of benzene rings is 2. The minimum absolute atomic E-state index is 0.0896. The molecule has 0 aliphatic carbocycles. The molecule has 0 radical (unpaired) electrons. The number of carbonyl (C=O) groups is 1. The summed E-state index contributed by atoms with van der Waals surface area (Å²) < 4.78 is 31.1. The summed E-state index contributed by atoms with van der Waals surface area (Å²) in [6.45, 7) is 6.09. The summed E-state index contributed by atoms with van der Waals surface area (Å²) in [5, 5.41) is 2.82. The summed E-state index contributed by atoms with van der Waals surface area (Å²) in [5.41, 5.74) is 2.34. The second-order valence-electron chi connectivity index (χ2n) is 7.01. The van der Waals surface area contributed by atoms with E-state index in [2.05, 4.69) is 5.32 Å². The Bertz CT molecular complexity index is 876. The molecule has 0 bridgehead atoms. The minimum Gasteiger partial charge on any atom is -0.491 e. The highest BCUT2D eigenvalue weighted by molar-refractivity contribution is 7.92. The molecular weight excluding hydrogens is 376 g/mol. The van der Waals surface area contributed by atoms with Gasteiger partial charge in [-0.1, -0.05) is 17.7 Å². The van der Waals surface area contributed by atoms with Crippen molar-refractivity contribution in [3.8, 4) is 5.75 Å². The number of sulfonamides is 1. The Labute approximate surface area is 167 Å². The lowest BCUT2D eigenvalue weighted by molar-refractivity contribution is -0.116. The average molecular weight is 405 g/mol. The maximum absolute atomic E-state index is 12.2. The van der Waals surface area contributed by atoms with Crippen molar-refractivity contribution < 1.29 is 17.9 Å². The van der Waals surface area contributed by atoms with Crippen molar-refractivity contribution in [1.82, 2.24) is 0 Å². The highest BCUT2D eigenvalue weighted by Gasteiger charge is 2.17. The highest BCUT2D eigenvalue weighted by Crippen LogP contribution is 2.20. The van der Waals surface area contributed by atoms with Crippen molar-refractivity contribution >= 4 is 27.3 Å². The molecule has 0 heterocycles. The molecule has 0 atom stereocenters. The van der Waals surface area contributed by atoms with Gasteiger partial charge < -0.3 is 10.1 Å². The van der Waals surface area contributed by atoms with Gasteiger partial charge in [-0.05, 0) is 63.6 Å². The number of anilines is 2. The Morgan fingerprint density at radius 2 is 1.68 bits per heavy atom. The van der Waals surface area contributed by atoms with Gasteiger partial charge in [0.1, 0.15) is 5.75 Å². The second-order valence-corrected chi connectivity index (χ2v) is 8.92. The molecule has 0 aromatic heterocycles. The van der Waals surface area contributed by atoms with Crippen LogP contribution in [0.3, 0.4) is 0 Å². The van der Waals surface area contributed by atoms with Crippen LogP contribution in [0.5, 0.6) is 5.75 Å². The van der Waals surface area contributed by atoms with E-state index in [0.717, 1.165) is 11.3 Å². The number of aryl methyl sites for hydroxylation is 1. The third-order valence-electron chi connectivity index (χ3n) is 4.00.